The van der Waals surface area contributed by atoms with Crippen LogP contribution >= 0.6 is 15.9 Å². The first kappa shape index (κ1) is 17.6. The van der Waals surface area contributed by atoms with Gasteiger partial charge < -0.3 is 9.64 Å². The molecule has 1 heterocycles. The average molecular weight is 406 g/mol. The number of benzene rings is 2. The normalized spacial score (nSPS) is 17.0. The van der Waals surface area contributed by atoms with Gasteiger partial charge in [-0.1, -0.05) is 28.1 Å². The van der Waals surface area contributed by atoms with E-state index in [2.05, 4.69) is 15.9 Å². The summed E-state index contributed by atoms with van der Waals surface area (Å²) in [6.45, 7) is 0.675. The van der Waals surface area contributed by atoms with Gasteiger partial charge in [0.2, 0.25) is 5.91 Å². The molecule has 0 saturated carbocycles. The van der Waals surface area contributed by atoms with Crippen LogP contribution in [-0.4, -0.2) is 23.6 Å². The highest BCUT2D eigenvalue weighted by Crippen LogP contribution is 2.27. The quantitative estimate of drug-likeness (QED) is 0.687. The number of carbonyl (C=O) groups excluding carboxylic acids is 2. The number of nitrogens with zero attached hydrogens (tertiary/aromatic N) is 1. The third kappa shape index (κ3) is 4.25. The van der Waals surface area contributed by atoms with Gasteiger partial charge in [0.25, 0.3) is 0 Å². The number of alkyl halides is 1. The topological polar surface area (TPSA) is 46.6 Å². The van der Waals surface area contributed by atoms with Crippen molar-refractivity contribution in [3.63, 3.8) is 0 Å². The number of halogens is 2. The fourth-order valence-corrected chi connectivity index (χ4v) is 3.26. The molecule has 0 aliphatic carbocycles. The Bertz CT molecular complexity index is 778. The number of Topliss-reactive ketones (excluding diaryl/α,β-unsaturated/α-hetero) is 1. The lowest BCUT2D eigenvalue weighted by Gasteiger charge is -2.17. The minimum absolute atomic E-state index is 0.0471. The molecule has 0 N–H and O–H groups in total. The van der Waals surface area contributed by atoms with Crippen molar-refractivity contribution in [2.75, 3.05) is 16.8 Å². The zero-order valence-electron chi connectivity index (χ0n) is 13.5. The van der Waals surface area contributed by atoms with Gasteiger partial charge in [0.1, 0.15) is 24.0 Å². The first-order chi connectivity index (χ1) is 12.1. The molecule has 1 aliphatic heterocycles. The van der Waals surface area contributed by atoms with E-state index in [1.807, 2.05) is 0 Å². The lowest BCUT2D eigenvalue weighted by Crippen LogP contribution is -2.25. The Morgan fingerprint density at radius 3 is 2.68 bits per heavy atom. The Balaban J connectivity index is 1.62. The summed E-state index contributed by atoms with van der Waals surface area (Å²) in [6, 6.07) is 13.4. The molecule has 6 heteroatoms. The molecule has 4 nitrogen and oxygen atoms in total. The molecule has 2 aromatic carbocycles. The van der Waals surface area contributed by atoms with Gasteiger partial charge in [0.05, 0.1) is 5.33 Å². The number of hydrogen-bond acceptors (Lipinski definition) is 3. The van der Waals surface area contributed by atoms with E-state index in [1.165, 1.54) is 12.1 Å². The largest absolute Gasteiger partial charge is 0.489 e. The Morgan fingerprint density at radius 2 is 2.00 bits per heavy atom. The Kier molecular flexibility index (Phi) is 5.48. The molecule has 1 saturated heterocycles. The molecule has 0 radical (unpaired) electrons. The van der Waals surface area contributed by atoms with Gasteiger partial charge in [-0.15, -0.1) is 0 Å². The van der Waals surface area contributed by atoms with Crippen LogP contribution in [0.25, 0.3) is 0 Å². The van der Waals surface area contributed by atoms with E-state index in [-0.39, 0.29) is 41.8 Å². The highest BCUT2D eigenvalue weighted by Gasteiger charge is 2.34. The monoisotopic (exact) mass is 405 g/mol. The van der Waals surface area contributed by atoms with Crippen LogP contribution in [0.2, 0.25) is 0 Å². The van der Waals surface area contributed by atoms with Crippen LogP contribution in [-0.2, 0) is 16.2 Å². The van der Waals surface area contributed by atoms with Crippen LogP contribution in [0.5, 0.6) is 5.75 Å². The van der Waals surface area contributed by atoms with Gasteiger partial charge in [-0.3, -0.25) is 9.59 Å². The highest BCUT2D eigenvalue weighted by molar-refractivity contribution is 9.09. The summed E-state index contributed by atoms with van der Waals surface area (Å²) in [5, 5.41) is 0.269. The van der Waals surface area contributed by atoms with Gasteiger partial charge in [-0.2, -0.15) is 0 Å². The molecule has 1 fully saturated rings. The van der Waals surface area contributed by atoms with Gasteiger partial charge >= 0.3 is 0 Å². The van der Waals surface area contributed by atoms with E-state index in [9.17, 15) is 14.0 Å². The minimum atomic E-state index is -0.295. The summed E-state index contributed by atoms with van der Waals surface area (Å²) in [7, 11) is 0. The SMILES string of the molecule is O=C(CBr)[C@@H]1CC(=O)N(c2ccc(OCc3cccc(F)c3)cc2)C1. The van der Waals surface area contributed by atoms with Crippen LogP contribution < -0.4 is 9.64 Å². The Labute approximate surface area is 153 Å². The van der Waals surface area contributed by atoms with Crippen molar-refractivity contribution in [2.45, 2.75) is 13.0 Å². The minimum Gasteiger partial charge on any atom is -0.489 e. The molecule has 1 aliphatic rings. The maximum absolute atomic E-state index is 13.1. The van der Waals surface area contributed by atoms with Crippen LogP contribution in [0.15, 0.2) is 48.5 Å². The van der Waals surface area contributed by atoms with Crippen LogP contribution in [0, 0.1) is 11.7 Å². The summed E-state index contributed by atoms with van der Waals surface area (Å²) in [6.07, 6.45) is 0.252. The summed E-state index contributed by atoms with van der Waals surface area (Å²) < 4.78 is 18.8. The van der Waals surface area contributed by atoms with Gasteiger partial charge in [0.15, 0.2) is 0 Å². The van der Waals surface area contributed by atoms with E-state index in [0.717, 1.165) is 11.3 Å². The second kappa shape index (κ2) is 7.78. The molecular weight excluding hydrogens is 389 g/mol. The molecule has 0 unspecified atom stereocenters. The molecule has 2 aromatic rings. The number of anilines is 1. The van der Waals surface area contributed by atoms with Crippen molar-refractivity contribution in [3.8, 4) is 5.75 Å². The van der Waals surface area contributed by atoms with Crippen molar-refractivity contribution < 1.29 is 18.7 Å². The lowest BCUT2D eigenvalue weighted by molar-refractivity contribution is -0.122. The number of carbonyl (C=O) groups is 2. The van der Waals surface area contributed by atoms with Crippen molar-refractivity contribution in [2.24, 2.45) is 5.92 Å². The Hall–Kier alpha value is -2.21. The predicted octanol–water partition coefficient (Wildman–Crippen LogP) is 3.72. The number of ether oxygens (including phenoxy) is 1. The standard InChI is InChI=1S/C19H17BrFNO3/c20-10-18(23)14-9-19(24)22(11-14)16-4-6-17(7-5-16)25-12-13-2-1-3-15(21)8-13/h1-8,14H,9-12H2/t14-/m1/s1. The highest BCUT2D eigenvalue weighted by atomic mass is 79.9. The lowest BCUT2D eigenvalue weighted by atomic mass is 10.1. The zero-order chi connectivity index (χ0) is 17.8. The Morgan fingerprint density at radius 1 is 1.24 bits per heavy atom. The van der Waals surface area contributed by atoms with Crippen molar-refractivity contribution in [1.82, 2.24) is 0 Å². The van der Waals surface area contributed by atoms with E-state index in [0.29, 0.717) is 12.3 Å². The van der Waals surface area contributed by atoms with Gasteiger partial charge in [-0.25, -0.2) is 4.39 Å². The molecule has 130 valence electrons. The maximum Gasteiger partial charge on any atom is 0.227 e. The molecular formula is C19H17BrFNO3. The third-order valence-corrected chi connectivity index (χ3v) is 4.71. The van der Waals surface area contributed by atoms with Gasteiger partial charge in [0, 0.05) is 24.6 Å². The fraction of sp³-hybridized carbons (Fsp3) is 0.263. The van der Waals surface area contributed by atoms with E-state index in [4.69, 9.17) is 4.74 Å². The fourth-order valence-electron chi connectivity index (χ4n) is 2.80. The molecule has 0 aromatic heterocycles. The molecule has 3 rings (SSSR count). The number of amides is 1. The summed E-state index contributed by atoms with van der Waals surface area (Å²) in [4.78, 5) is 25.5. The maximum atomic E-state index is 13.1. The second-order valence-corrected chi connectivity index (χ2v) is 6.48. The first-order valence-electron chi connectivity index (χ1n) is 7.93. The number of hydrogen-bond donors (Lipinski definition) is 0. The first-order valence-corrected chi connectivity index (χ1v) is 9.05. The van der Waals surface area contributed by atoms with E-state index < -0.39 is 0 Å². The molecule has 1 amide bonds. The summed E-state index contributed by atoms with van der Waals surface area (Å²) >= 11 is 3.15. The number of rotatable bonds is 6. The van der Waals surface area contributed by atoms with Crippen molar-refractivity contribution in [3.05, 3.63) is 59.9 Å². The van der Waals surface area contributed by atoms with Gasteiger partial charge in [-0.05, 0) is 42.0 Å². The number of ketones is 1. The predicted molar refractivity (Wildman–Crippen MR) is 96.4 cm³/mol. The van der Waals surface area contributed by atoms with Crippen molar-refractivity contribution >= 4 is 33.3 Å². The van der Waals surface area contributed by atoms with Crippen LogP contribution in [0.4, 0.5) is 10.1 Å². The summed E-state index contributed by atoms with van der Waals surface area (Å²) in [5.74, 6) is 0.0821. The summed E-state index contributed by atoms with van der Waals surface area (Å²) in [5.41, 5.74) is 1.49. The molecule has 0 bridgehead atoms. The molecule has 25 heavy (non-hydrogen) atoms. The smallest absolute Gasteiger partial charge is 0.227 e. The molecule has 0 spiro atoms. The van der Waals surface area contributed by atoms with Crippen LogP contribution in [0.3, 0.4) is 0 Å². The van der Waals surface area contributed by atoms with E-state index >= 15 is 0 Å². The zero-order valence-corrected chi connectivity index (χ0v) is 15.0. The third-order valence-electron chi connectivity index (χ3n) is 4.16. The average Bonchev–Trinajstić information content (AvgIpc) is 3.01. The molecule has 1 atom stereocenters. The second-order valence-electron chi connectivity index (χ2n) is 5.92. The van der Waals surface area contributed by atoms with Crippen molar-refractivity contribution in [1.29, 1.82) is 0 Å². The van der Waals surface area contributed by atoms with E-state index in [1.54, 1.807) is 41.3 Å². The van der Waals surface area contributed by atoms with Crippen LogP contribution in [0.1, 0.15) is 12.0 Å².